The van der Waals surface area contributed by atoms with Crippen molar-refractivity contribution >= 4 is 0 Å². The molecule has 1 aromatic heterocycles. The van der Waals surface area contributed by atoms with E-state index in [-0.39, 0.29) is 12.1 Å². The van der Waals surface area contributed by atoms with Crippen LogP contribution in [0.4, 0.5) is 0 Å². The van der Waals surface area contributed by atoms with Crippen LogP contribution in [-0.4, -0.2) is 27.0 Å². The molecule has 0 spiro atoms. The lowest BCUT2D eigenvalue weighted by molar-refractivity contribution is 0.162. The van der Waals surface area contributed by atoms with Crippen molar-refractivity contribution in [2.75, 3.05) is 6.61 Å². The first-order chi connectivity index (χ1) is 8.73. The standard InChI is InChI=1S/C14H25N3O/c1-3-12-9-13(17(4-2)16-12)10-15-14(11-18)7-5-6-8-14/h9,15,18H,3-8,10-11H2,1-2H3. The number of aliphatic hydroxyl groups is 1. The van der Waals surface area contributed by atoms with Crippen LogP contribution in [-0.2, 0) is 19.5 Å². The molecule has 102 valence electrons. The third-order valence-corrected chi connectivity index (χ3v) is 4.08. The van der Waals surface area contributed by atoms with Gasteiger partial charge in [-0.25, -0.2) is 0 Å². The number of aryl methyl sites for hydroxylation is 2. The van der Waals surface area contributed by atoms with Crippen LogP contribution in [0, 0.1) is 0 Å². The molecule has 2 N–H and O–H groups in total. The highest BCUT2D eigenvalue weighted by Gasteiger charge is 2.32. The fraction of sp³-hybridized carbons (Fsp3) is 0.786. The molecule has 0 bridgehead atoms. The Balaban J connectivity index is 2.02. The van der Waals surface area contributed by atoms with Gasteiger partial charge in [-0.2, -0.15) is 5.10 Å². The minimum Gasteiger partial charge on any atom is -0.394 e. The quantitative estimate of drug-likeness (QED) is 0.811. The summed E-state index contributed by atoms with van der Waals surface area (Å²) in [7, 11) is 0. The lowest BCUT2D eigenvalue weighted by Crippen LogP contribution is -2.45. The Morgan fingerprint density at radius 2 is 2.11 bits per heavy atom. The zero-order valence-corrected chi connectivity index (χ0v) is 11.6. The van der Waals surface area contributed by atoms with Gasteiger partial charge in [-0.1, -0.05) is 19.8 Å². The van der Waals surface area contributed by atoms with E-state index in [4.69, 9.17) is 0 Å². The maximum Gasteiger partial charge on any atom is 0.0625 e. The third-order valence-electron chi connectivity index (χ3n) is 4.08. The molecule has 1 heterocycles. The lowest BCUT2D eigenvalue weighted by atomic mass is 9.99. The number of hydrogen-bond acceptors (Lipinski definition) is 3. The minimum atomic E-state index is -0.0464. The van der Waals surface area contributed by atoms with Crippen molar-refractivity contribution in [3.05, 3.63) is 17.5 Å². The summed E-state index contributed by atoms with van der Waals surface area (Å²) >= 11 is 0. The SMILES string of the molecule is CCc1cc(CNC2(CO)CCCC2)n(CC)n1. The van der Waals surface area contributed by atoms with E-state index >= 15 is 0 Å². The van der Waals surface area contributed by atoms with Gasteiger partial charge in [0, 0.05) is 18.6 Å². The zero-order valence-electron chi connectivity index (χ0n) is 11.6. The number of aromatic nitrogens is 2. The summed E-state index contributed by atoms with van der Waals surface area (Å²) < 4.78 is 2.06. The molecule has 1 aromatic rings. The summed E-state index contributed by atoms with van der Waals surface area (Å²) in [5, 5.41) is 17.7. The van der Waals surface area contributed by atoms with Crippen molar-refractivity contribution in [2.45, 2.75) is 64.6 Å². The summed E-state index contributed by atoms with van der Waals surface area (Å²) in [6.07, 6.45) is 5.60. The molecule has 1 saturated carbocycles. The van der Waals surface area contributed by atoms with Crippen molar-refractivity contribution in [3.8, 4) is 0 Å². The molecule has 18 heavy (non-hydrogen) atoms. The van der Waals surface area contributed by atoms with Crippen molar-refractivity contribution < 1.29 is 5.11 Å². The van der Waals surface area contributed by atoms with Gasteiger partial charge in [0.15, 0.2) is 0 Å². The largest absolute Gasteiger partial charge is 0.394 e. The predicted molar refractivity (Wildman–Crippen MR) is 72.4 cm³/mol. The highest BCUT2D eigenvalue weighted by molar-refractivity contribution is 5.11. The zero-order chi connectivity index (χ0) is 13.0. The van der Waals surface area contributed by atoms with Gasteiger partial charge >= 0.3 is 0 Å². The molecule has 0 saturated heterocycles. The summed E-state index contributed by atoms with van der Waals surface area (Å²) in [5.41, 5.74) is 2.34. The normalized spacial score (nSPS) is 18.4. The van der Waals surface area contributed by atoms with Gasteiger partial charge < -0.3 is 10.4 Å². The minimum absolute atomic E-state index is 0.0464. The Hall–Kier alpha value is -0.870. The number of hydrogen-bond donors (Lipinski definition) is 2. The molecular formula is C14H25N3O. The van der Waals surface area contributed by atoms with E-state index in [1.807, 2.05) is 0 Å². The average molecular weight is 251 g/mol. The first-order valence-electron chi connectivity index (χ1n) is 7.14. The molecule has 2 rings (SSSR count). The number of nitrogens with one attached hydrogen (secondary N) is 1. The van der Waals surface area contributed by atoms with Gasteiger partial charge in [-0.3, -0.25) is 4.68 Å². The van der Waals surface area contributed by atoms with Crippen LogP contribution in [0.15, 0.2) is 6.07 Å². The topological polar surface area (TPSA) is 50.1 Å². The Labute approximate surface area is 109 Å². The van der Waals surface area contributed by atoms with E-state index < -0.39 is 0 Å². The summed E-state index contributed by atoms with van der Waals surface area (Å²) in [6, 6.07) is 2.18. The van der Waals surface area contributed by atoms with Crippen LogP contribution in [0.25, 0.3) is 0 Å². The number of aliphatic hydroxyl groups excluding tert-OH is 1. The van der Waals surface area contributed by atoms with Crippen LogP contribution in [0.1, 0.15) is 50.9 Å². The Bertz CT molecular complexity index is 380. The van der Waals surface area contributed by atoms with Gasteiger partial charge in [0.2, 0.25) is 0 Å². The predicted octanol–water partition coefficient (Wildman–Crippen LogP) is 1.86. The fourth-order valence-corrected chi connectivity index (χ4v) is 2.82. The van der Waals surface area contributed by atoms with Crippen LogP contribution in [0.3, 0.4) is 0 Å². The van der Waals surface area contributed by atoms with E-state index in [1.54, 1.807) is 0 Å². The first-order valence-corrected chi connectivity index (χ1v) is 7.14. The van der Waals surface area contributed by atoms with Crippen LogP contribution >= 0.6 is 0 Å². The number of rotatable bonds is 6. The lowest BCUT2D eigenvalue weighted by Gasteiger charge is -2.28. The van der Waals surface area contributed by atoms with E-state index in [1.165, 1.54) is 18.5 Å². The third kappa shape index (κ3) is 2.75. The first kappa shape index (κ1) is 13.6. The molecule has 0 aromatic carbocycles. The summed E-state index contributed by atoms with van der Waals surface area (Å²) in [6.45, 7) is 6.21. The van der Waals surface area contributed by atoms with Gasteiger partial charge in [0.05, 0.1) is 18.0 Å². The van der Waals surface area contributed by atoms with Crippen molar-refractivity contribution in [1.82, 2.24) is 15.1 Å². The number of nitrogens with zero attached hydrogens (tertiary/aromatic N) is 2. The van der Waals surface area contributed by atoms with Crippen LogP contribution in [0.5, 0.6) is 0 Å². The fourth-order valence-electron chi connectivity index (χ4n) is 2.82. The molecule has 1 aliphatic rings. The highest BCUT2D eigenvalue weighted by Crippen LogP contribution is 2.29. The van der Waals surface area contributed by atoms with Crippen LogP contribution in [0.2, 0.25) is 0 Å². The highest BCUT2D eigenvalue weighted by atomic mass is 16.3. The van der Waals surface area contributed by atoms with Crippen molar-refractivity contribution in [2.24, 2.45) is 0 Å². The molecule has 0 aliphatic heterocycles. The molecule has 0 amide bonds. The smallest absolute Gasteiger partial charge is 0.0625 e. The van der Waals surface area contributed by atoms with Gasteiger partial charge in [-0.05, 0) is 32.3 Å². The van der Waals surface area contributed by atoms with E-state index in [2.05, 4.69) is 35.0 Å². The molecule has 0 unspecified atom stereocenters. The maximum atomic E-state index is 9.59. The van der Waals surface area contributed by atoms with Crippen molar-refractivity contribution in [3.63, 3.8) is 0 Å². The molecule has 1 aliphatic carbocycles. The van der Waals surface area contributed by atoms with Crippen molar-refractivity contribution in [1.29, 1.82) is 0 Å². The molecule has 1 fully saturated rings. The van der Waals surface area contributed by atoms with E-state index in [0.29, 0.717) is 0 Å². The average Bonchev–Trinajstić information content (AvgIpc) is 3.03. The van der Waals surface area contributed by atoms with E-state index in [0.717, 1.165) is 38.0 Å². The van der Waals surface area contributed by atoms with Gasteiger partial charge in [0.1, 0.15) is 0 Å². The molecule has 4 nitrogen and oxygen atoms in total. The Morgan fingerprint density at radius 3 is 2.67 bits per heavy atom. The monoisotopic (exact) mass is 251 g/mol. The molecule has 4 heteroatoms. The second kappa shape index (κ2) is 5.85. The second-order valence-corrected chi connectivity index (χ2v) is 5.30. The Morgan fingerprint density at radius 1 is 1.39 bits per heavy atom. The van der Waals surface area contributed by atoms with E-state index in [9.17, 15) is 5.11 Å². The second-order valence-electron chi connectivity index (χ2n) is 5.30. The molecule has 0 atom stereocenters. The van der Waals surface area contributed by atoms with Gasteiger partial charge in [-0.15, -0.1) is 0 Å². The summed E-state index contributed by atoms with van der Waals surface area (Å²) in [5.74, 6) is 0. The van der Waals surface area contributed by atoms with Crippen LogP contribution < -0.4 is 5.32 Å². The van der Waals surface area contributed by atoms with Gasteiger partial charge in [0.25, 0.3) is 0 Å². The molecular weight excluding hydrogens is 226 g/mol. The molecule has 0 radical (unpaired) electrons. The Kier molecular flexibility index (Phi) is 4.40. The summed E-state index contributed by atoms with van der Waals surface area (Å²) in [4.78, 5) is 0. The maximum absolute atomic E-state index is 9.59.